The molecule has 0 saturated heterocycles. The van der Waals surface area contributed by atoms with E-state index in [1.54, 1.807) is 0 Å². The number of rotatable bonds is 8. The van der Waals surface area contributed by atoms with Gasteiger partial charge < -0.3 is 9.80 Å². The van der Waals surface area contributed by atoms with Gasteiger partial charge in [0, 0.05) is 33.8 Å². The zero-order valence-electron chi connectivity index (χ0n) is 32.4. The lowest BCUT2D eigenvalue weighted by Gasteiger charge is -2.36. The van der Waals surface area contributed by atoms with Gasteiger partial charge in [0.25, 0.3) is 0 Å². The first kappa shape index (κ1) is 35.1. The van der Waals surface area contributed by atoms with Crippen LogP contribution in [0, 0.1) is 0 Å². The minimum atomic E-state index is -2.15. The molecule has 7 aromatic rings. The molecule has 0 aliphatic carbocycles. The van der Waals surface area contributed by atoms with Gasteiger partial charge in [-0.05, 0) is 93.6 Å². The van der Waals surface area contributed by atoms with E-state index in [4.69, 9.17) is 0 Å². The van der Waals surface area contributed by atoms with Crippen LogP contribution in [-0.2, 0) is 0 Å². The molecule has 0 atom stereocenters. The molecule has 0 radical (unpaired) electrons. The van der Waals surface area contributed by atoms with Gasteiger partial charge in [-0.3, -0.25) is 0 Å². The smallest absolute Gasteiger partial charge is 0.113 e. The molecule has 7 aromatic carbocycles. The quantitative estimate of drug-likeness (QED) is 0.143. The lowest BCUT2D eigenvalue weighted by molar-refractivity contribution is 1.29. The molecular weight excluding hydrogens is 689 g/mol. The molecule has 264 valence electrons. The summed E-state index contributed by atoms with van der Waals surface area (Å²) < 4.78 is 0. The van der Waals surface area contributed by atoms with Gasteiger partial charge in [-0.25, -0.2) is 0 Å². The zero-order chi connectivity index (χ0) is 37.1. The summed E-state index contributed by atoms with van der Waals surface area (Å²) in [6, 6.07) is 59.4. The fourth-order valence-electron chi connectivity index (χ4n) is 8.15. The summed E-state index contributed by atoms with van der Waals surface area (Å²) in [5, 5.41) is 8.66. The molecule has 0 N–H and O–H groups in total. The molecule has 0 spiro atoms. The van der Waals surface area contributed by atoms with E-state index in [9.17, 15) is 0 Å². The molecular formula is C48H50N2Si3. The third-order valence-electron chi connectivity index (χ3n) is 11.2. The molecule has 1 aliphatic heterocycles. The van der Waals surface area contributed by atoms with E-state index in [-0.39, 0.29) is 0 Å². The highest BCUT2D eigenvalue weighted by atomic mass is 28.3. The maximum Gasteiger partial charge on any atom is 0.113 e. The van der Waals surface area contributed by atoms with Gasteiger partial charge in [0.2, 0.25) is 0 Å². The summed E-state index contributed by atoms with van der Waals surface area (Å²) in [6.07, 6.45) is 0. The van der Waals surface area contributed by atoms with Crippen LogP contribution in [0.4, 0.5) is 34.1 Å². The van der Waals surface area contributed by atoms with Crippen molar-refractivity contribution in [1.29, 1.82) is 0 Å². The van der Waals surface area contributed by atoms with Crippen LogP contribution in [0.3, 0.4) is 0 Å². The number of hydrogen-bond donors (Lipinski definition) is 0. The number of anilines is 6. The van der Waals surface area contributed by atoms with E-state index in [0.29, 0.717) is 0 Å². The number of nitrogens with zero attached hydrogens (tertiary/aromatic N) is 2. The topological polar surface area (TPSA) is 6.48 Å². The van der Waals surface area contributed by atoms with Crippen molar-refractivity contribution < 1.29 is 0 Å². The van der Waals surface area contributed by atoms with Crippen LogP contribution >= 0.6 is 0 Å². The van der Waals surface area contributed by atoms with E-state index in [2.05, 4.69) is 220 Å². The summed E-state index contributed by atoms with van der Waals surface area (Å²) in [4.78, 5) is 4.89. The van der Waals surface area contributed by atoms with Crippen LogP contribution in [0.1, 0.15) is 0 Å². The predicted octanol–water partition coefficient (Wildman–Crippen LogP) is 11.7. The second-order valence-electron chi connectivity index (χ2n) is 17.2. The van der Waals surface area contributed by atoms with Crippen molar-refractivity contribution >= 4 is 89.9 Å². The van der Waals surface area contributed by atoms with Gasteiger partial charge in [0.1, 0.15) is 8.07 Å². The Kier molecular flexibility index (Phi) is 8.72. The highest BCUT2D eigenvalue weighted by molar-refractivity contribution is 7.03. The number of benzene rings is 7. The van der Waals surface area contributed by atoms with Crippen LogP contribution in [0.5, 0.6) is 0 Å². The largest absolute Gasteiger partial charge is 0.311 e. The van der Waals surface area contributed by atoms with Gasteiger partial charge in [0.05, 0.1) is 21.8 Å². The Hall–Kier alpha value is -4.95. The Morgan fingerprint density at radius 2 is 0.868 bits per heavy atom. The van der Waals surface area contributed by atoms with E-state index in [0.717, 1.165) is 0 Å². The van der Waals surface area contributed by atoms with Crippen LogP contribution in [0.2, 0.25) is 52.4 Å². The molecule has 0 saturated carbocycles. The van der Waals surface area contributed by atoms with Crippen molar-refractivity contribution in [3.05, 3.63) is 158 Å². The summed E-state index contributed by atoms with van der Waals surface area (Å²) in [6.45, 7) is 19.6. The van der Waals surface area contributed by atoms with Crippen LogP contribution in [0.25, 0.3) is 21.9 Å². The van der Waals surface area contributed by atoms with Gasteiger partial charge in [-0.1, -0.05) is 154 Å². The second kappa shape index (κ2) is 13.2. The summed E-state index contributed by atoms with van der Waals surface area (Å²) in [5.74, 6) is 0. The Balaban J connectivity index is 1.29. The molecule has 53 heavy (non-hydrogen) atoms. The first-order chi connectivity index (χ1) is 25.3. The lowest BCUT2D eigenvalue weighted by atomic mass is 9.95. The highest BCUT2D eigenvalue weighted by Crippen LogP contribution is 2.44. The molecule has 0 aromatic heterocycles. The molecule has 2 nitrogen and oxygen atoms in total. The van der Waals surface area contributed by atoms with Crippen molar-refractivity contribution in [1.82, 2.24) is 0 Å². The third-order valence-corrected chi connectivity index (χ3v) is 18.8. The van der Waals surface area contributed by atoms with Gasteiger partial charge in [0.15, 0.2) is 0 Å². The van der Waals surface area contributed by atoms with E-state index in [1.807, 2.05) is 0 Å². The summed E-state index contributed by atoms with van der Waals surface area (Å²) in [7, 11) is -5.00. The summed E-state index contributed by atoms with van der Waals surface area (Å²) >= 11 is 0. The molecule has 0 amide bonds. The molecule has 0 fully saturated rings. The molecule has 0 bridgehead atoms. The van der Waals surface area contributed by atoms with Gasteiger partial charge in [-0.2, -0.15) is 0 Å². The number of hydrogen-bond acceptors (Lipinski definition) is 2. The van der Waals surface area contributed by atoms with Crippen molar-refractivity contribution in [3.63, 3.8) is 0 Å². The Labute approximate surface area is 319 Å². The minimum absolute atomic E-state index is 1.17. The fourth-order valence-corrected chi connectivity index (χ4v) is 13.6. The minimum Gasteiger partial charge on any atom is -0.311 e. The van der Waals surface area contributed by atoms with Gasteiger partial charge >= 0.3 is 0 Å². The van der Waals surface area contributed by atoms with E-state index >= 15 is 0 Å². The van der Waals surface area contributed by atoms with E-state index in [1.165, 1.54) is 76.8 Å². The molecule has 0 unspecified atom stereocenters. The zero-order valence-corrected chi connectivity index (χ0v) is 35.4. The molecule has 1 aliphatic rings. The van der Waals surface area contributed by atoms with Crippen molar-refractivity contribution in [2.45, 2.75) is 52.4 Å². The maximum atomic E-state index is 2.54. The number of para-hydroxylation sites is 2. The summed E-state index contributed by atoms with van der Waals surface area (Å²) in [5.41, 5.74) is 9.86. The fraction of sp³-hybridized carbons (Fsp3) is 0.167. The SMILES string of the molecule is C[Si](C)(C)c1ccc(N(c2ccccc2)c2ccc3c(c2)[Si](C)(C)c2cccc4c(N(c5ccccc5)c5ccc([Si](C)(C)C)cc5)ccc-3c24)cc1. The molecule has 1 heterocycles. The Morgan fingerprint density at radius 3 is 1.42 bits per heavy atom. The van der Waals surface area contributed by atoms with Crippen LogP contribution < -0.4 is 30.5 Å². The Bertz CT molecular complexity index is 2420. The third kappa shape index (κ3) is 6.31. The first-order valence-corrected chi connectivity index (χ1v) is 28.9. The Morgan fingerprint density at radius 1 is 0.396 bits per heavy atom. The average Bonchev–Trinajstić information content (AvgIpc) is 3.15. The number of fused-ring (bicyclic) bond motifs is 2. The molecule has 5 heteroatoms. The predicted molar refractivity (Wildman–Crippen MR) is 241 cm³/mol. The van der Waals surface area contributed by atoms with Gasteiger partial charge in [-0.15, -0.1) is 0 Å². The first-order valence-electron chi connectivity index (χ1n) is 18.9. The maximum absolute atomic E-state index is 2.54. The van der Waals surface area contributed by atoms with Crippen molar-refractivity contribution in [3.8, 4) is 11.1 Å². The molecule has 8 rings (SSSR count). The normalized spacial score (nSPS) is 13.4. The van der Waals surface area contributed by atoms with E-state index < -0.39 is 24.2 Å². The van der Waals surface area contributed by atoms with Crippen molar-refractivity contribution in [2.75, 3.05) is 9.80 Å². The van der Waals surface area contributed by atoms with Crippen molar-refractivity contribution in [2.24, 2.45) is 0 Å². The van der Waals surface area contributed by atoms with Crippen LogP contribution in [0.15, 0.2) is 158 Å². The monoisotopic (exact) mass is 738 g/mol. The second-order valence-corrected chi connectivity index (χ2v) is 31.6. The average molecular weight is 739 g/mol. The highest BCUT2D eigenvalue weighted by Gasteiger charge is 2.37. The lowest BCUT2D eigenvalue weighted by Crippen LogP contribution is -2.56. The standard InChI is InChI=1S/C48H50N2Si3/c1-51(2,3)40-27-22-37(23-28-40)49(35-16-11-9-12-17-35)39-26-31-42-43-32-33-45(44-20-15-21-46(48(43)44)53(7,8)47(42)34-39)50(36-18-13-10-14-19-36)38-24-29-41(30-25-38)52(4,5)6/h9-34H,1-8H3. The van der Waals surface area contributed by atoms with Crippen LogP contribution in [-0.4, -0.2) is 24.2 Å².